The molecule has 0 fully saturated rings. The molecule has 0 aliphatic rings. The van der Waals surface area contributed by atoms with Crippen molar-refractivity contribution in [1.82, 2.24) is 4.98 Å². The second kappa shape index (κ2) is 4.96. The summed E-state index contributed by atoms with van der Waals surface area (Å²) in [4.78, 5) is 4.13. The molecule has 1 aromatic heterocycles. The molecule has 0 amide bonds. The van der Waals surface area contributed by atoms with Gasteiger partial charge in [-0.3, -0.25) is 9.71 Å². The summed E-state index contributed by atoms with van der Waals surface area (Å²) < 4.78 is 26.6. The predicted molar refractivity (Wildman–Crippen MR) is 71.2 cm³/mol. The normalized spacial score (nSPS) is 11.2. The van der Waals surface area contributed by atoms with Crippen LogP contribution < -0.4 is 4.72 Å². The Labute approximate surface area is 111 Å². The zero-order valence-corrected chi connectivity index (χ0v) is 11.2. The molecule has 1 heterocycles. The van der Waals surface area contributed by atoms with Crippen molar-refractivity contribution in [2.45, 2.75) is 11.8 Å². The van der Waals surface area contributed by atoms with E-state index in [1.54, 1.807) is 37.4 Å². The van der Waals surface area contributed by atoms with Gasteiger partial charge in [0.25, 0.3) is 10.0 Å². The molecule has 0 saturated heterocycles. The highest BCUT2D eigenvalue weighted by Gasteiger charge is 2.14. The van der Waals surface area contributed by atoms with Crippen molar-refractivity contribution in [3.63, 3.8) is 0 Å². The van der Waals surface area contributed by atoms with Crippen LogP contribution >= 0.6 is 11.6 Å². The number of anilines is 1. The van der Waals surface area contributed by atoms with Crippen molar-refractivity contribution in [2.24, 2.45) is 0 Å². The molecular weight excluding hydrogens is 272 g/mol. The van der Waals surface area contributed by atoms with Crippen molar-refractivity contribution in [3.05, 3.63) is 53.3 Å². The SMILES string of the molecule is Cc1cc(NS(=O)(=O)c2cccc(Cl)c2)ccn1. The van der Waals surface area contributed by atoms with Crippen LogP contribution in [0, 0.1) is 6.92 Å². The lowest BCUT2D eigenvalue weighted by molar-refractivity contribution is 0.601. The Morgan fingerprint density at radius 2 is 2.00 bits per heavy atom. The van der Waals surface area contributed by atoms with Gasteiger partial charge in [-0.1, -0.05) is 17.7 Å². The summed E-state index contributed by atoms with van der Waals surface area (Å²) in [7, 11) is -3.61. The van der Waals surface area contributed by atoms with E-state index in [9.17, 15) is 8.42 Å². The van der Waals surface area contributed by atoms with Crippen LogP contribution in [0.1, 0.15) is 5.69 Å². The molecule has 2 rings (SSSR count). The van der Waals surface area contributed by atoms with Gasteiger partial charge in [0, 0.05) is 16.9 Å². The third kappa shape index (κ3) is 3.00. The van der Waals surface area contributed by atoms with Gasteiger partial charge in [-0.25, -0.2) is 8.42 Å². The largest absolute Gasteiger partial charge is 0.280 e. The van der Waals surface area contributed by atoms with Crippen molar-refractivity contribution >= 4 is 27.3 Å². The van der Waals surface area contributed by atoms with Crippen LogP contribution in [0.3, 0.4) is 0 Å². The summed E-state index contributed by atoms with van der Waals surface area (Å²) in [5.41, 5.74) is 1.21. The second-order valence-electron chi connectivity index (χ2n) is 3.75. The van der Waals surface area contributed by atoms with Crippen molar-refractivity contribution in [3.8, 4) is 0 Å². The van der Waals surface area contributed by atoms with Crippen molar-refractivity contribution in [1.29, 1.82) is 0 Å². The summed E-state index contributed by atoms with van der Waals surface area (Å²) in [5, 5.41) is 0.379. The molecule has 18 heavy (non-hydrogen) atoms. The summed E-state index contributed by atoms with van der Waals surface area (Å²) in [6.45, 7) is 1.79. The summed E-state index contributed by atoms with van der Waals surface area (Å²) >= 11 is 5.78. The zero-order valence-electron chi connectivity index (χ0n) is 9.59. The maximum Gasteiger partial charge on any atom is 0.261 e. The summed E-state index contributed by atoms with van der Waals surface area (Å²) in [5.74, 6) is 0. The first-order valence-corrected chi connectivity index (χ1v) is 7.04. The Kier molecular flexibility index (Phi) is 3.54. The van der Waals surface area contributed by atoms with Gasteiger partial charge in [0.05, 0.1) is 10.6 Å². The number of nitrogens with one attached hydrogen (secondary N) is 1. The average molecular weight is 283 g/mol. The first kappa shape index (κ1) is 12.9. The quantitative estimate of drug-likeness (QED) is 0.942. The molecule has 0 radical (unpaired) electrons. The number of sulfonamides is 1. The minimum absolute atomic E-state index is 0.129. The lowest BCUT2D eigenvalue weighted by Crippen LogP contribution is -2.13. The van der Waals surface area contributed by atoms with E-state index in [-0.39, 0.29) is 4.90 Å². The molecule has 0 spiro atoms. The molecule has 0 atom stereocenters. The zero-order chi connectivity index (χ0) is 13.2. The maximum absolute atomic E-state index is 12.1. The predicted octanol–water partition coefficient (Wildman–Crippen LogP) is 2.84. The topological polar surface area (TPSA) is 59.1 Å². The fourth-order valence-corrected chi connectivity index (χ4v) is 2.81. The first-order chi connectivity index (χ1) is 8.47. The van der Waals surface area contributed by atoms with Crippen molar-refractivity contribution < 1.29 is 8.42 Å². The number of aryl methyl sites for hydroxylation is 1. The minimum Gasteiger partial charge on any atom is -0.280 e. The number of benzene rings is 1. The molecule has 4 nitrogen and oxygen atoms in total. The smallest absolute Gasteiger partial charge is 0.261 e. The number of pyridine rings is 1. The Balaban J connectivity index is 2.33. The van der Waals surface area contributed by atoms with E-state index in [2.05, 4.69) is 9.71 Å². The Morgan fingerprint density at radius 3 is 2.67 bits per heavy atom. The summed E-state index contributed by atoms with van der Waals surface area (Å²) in [6.07, 6.45) is 1.55. The van der Waals surface area contributed by atoms with Gasteiger partial charge >= 0.3 is 0 Å². The standard InChI is InChI=1S/C12H11ClN2O2S/c1-9-7-11(5-6-14-9)15-18(16,17)12-4-2-3-10(13)8-12/h2-8H,1H3,(H,14,15). The van der Waals surface area contributed by atoms with E-state index in [1.807, 2.05) is 0 Å². The van der Waals surface area contributed by atoms with Crippen LogP contribution in [0.2, 0.25) is 5.02 Å². The van der Waals surface area contributed by atoms with Crippen LogP contribution in [-0.4, -0.2) is 13.4 Å². The molecule has 0 unspecified atom stereocenters. The van der Waals surface area contributed by atoms with Gasteiger partial charge in [-0.15, -0.1) is 0 Å². The lowest BCUT2D eigenvalue weighted by Gasteiger charge is -2.08. The second-order valence-corrected chi connectivity index (χ2v) is 5.87. The molecule has 6 heteroatoms. The Morgan fingerprint density at radius 1 is 1.22 bits per heavy atom. The number of hydrogen-bond acceptors (Lipinski definition) is 3. The third-order valence-corrected chi connectivity index (χ3v) is 3.87. The van der Waals surface area contributed by atoms with Crippen LogP contribution in [0.25, 0.3) is 0 Å². The number of aromatic nitrogens is 1. The Hall–Kier alpha value is -1.59. The van der Waals surface area contributed by atoms with E-state index in [0.717, 1.165) is 5.69 Å². The number of halogens is 1. The maximum atomic E-state index is 12.1. The van der Waals surface area contributed by atoms with E-state index in [1.165, 1.54) is 12.1 Å². The third-order valence-electron chi connectivity index (χ3n) is 2.26. The molecule has 94 valence electrons. The van der Waals surface area contributed by atoms with Crippen LogP contribution in [0.5, 0.6) is 0 Å². The molecule has 0 bridgehead atoms. The van der Waals surface area contributed by atoms with Gasteiger partial charge in [-0.05, 0) is 37.3 Å². The monoisotopic (exact) mass is 282 g/mol. The van der Waals surface area contributed by atoms with Crippen LogP contribution in [-0.2, 0) is 10.0 Å². The highest BCUT2D eigenvalue weighted by molar-refractivity contribution is 7.92. The van der Waals surface area contributed by atoms with Crippen LogP contribution in [0.4, 0.5) is 5.69 Å². The average Bonchev–Trinajstić information content (AvgIpc) is 2.28. The van der Waals surface area contributed by atoms with Crippen molar-refractivity contribution in [2.75, 3.05) is 4.72 Å². The van der Waals surface area contributed by atoms with E-state index < -0.39 is 10.0 Å². The molecule has 0 aliphatic heterocycles. The molecule has 2 aromatic rings. The van der Waals surface area contributed by atoms with Gasteiger partial charge in [-0.2, -0.15) is 0 Å². The highest BCUT2D eigenvalue weighted by Crippen LogP contribution is 2.19. The Bertz CT molecular complexity index is 671. The molecular formula is C12H11ClN2O2S. The van der Waals surface area contributed by atoms with Gasteiger partial charge in [0.15, 0.2) is 0 Å². The van der Waals surface area contributed by atoms with Gasteiger partial charge in [0.1, 0.15) is 0 Å². The van der Waals surface area contributed by atoms with E-state index in [4.69, 9.17) is 11.6 Å². The van der Waals surface area contributed by atoms with Gasteiger partial charge < -0.3 is 0 Å². The molecule has 1 N–H and O–H groups in total. The first-order valence-electron chi connectivity index (χ1n) is 5.18. The molecule has 0 aliphatic carbocycles. The fourth-order valence-electron chi connectivity index (χ4n) is 1.46. The molecule has 0 saturated carbocycles. The number of rotatable bonds is 3. The van der Waals surface area contributed by atoms with E-state index in [0.29, 0.717) is 10.7 Å². The highest BCUT2D eigenvalue weighted by atomic mass is 35.5. The lowest BCUT2D eigenvalue weighted by atomic mass is 10.3. The minimum atomic E-state index is -3.61. The van der Waals surface area contributed by atoms with Crippen LogP contribution in [0.15, 0.2) is 47.5 Å². The number of hydrogen-bond donors (Lipinski definition) is 1. The molecule has 1 aromatic carbocycles. The summed E-state index contributed by atoms with van der Waals surface area (Å²) in [6, 6.07) is 9.35. The van der Waals surface area contributed by atoms with E-state index >= 15 is 0 Å². The fraction of sp³-hybridized carbons (Fsp3) is 0.0833. The van der Waals surface area contributed by atoms with Gasteiger partial charge in [0.2, 0.25) is 0 Å². The number of nitrogens with zero attached hydrogens (tertiary/aromatic N) is 1.